The van der Waals surface area contributed by atoms with Crippen LogP contribution < -0.4 is 4.74 Å². The summed E-state index contributed by atoms with van der Waals surface area (Å²) in [6.45, 7) is 2.67. The van der Waals surface area contributed by atoms with E-state index in [2.05, 4.69) is 31.2 Å². The summed E-state index contributed by atoms with van der Waals surface area (Å²) in [6, 6.07) is 15.5. The smallest absolute Gasteiger partial charge is 0.245 e. The van der Waals surface area contributed by atoms with Crippen molar-refractivity contribution in [1.82, 2.24) is 4.90 Å². The number of halogens is 1. The van der Waals surface area contributed by atoms with Gasteiger partial charge in [-0.2, -0.15) is 0 Å². The molecule has 0 heterocycles. The summed E-state index contributed by atoms with van der Waals surface area (Å²) in [5, 5.41) is -0.694. The van der Waals surface area contributed by atoms with Crippen LogP contribution in [0.25, 0.3) is 0 Å². The molecule has 0 aliphatic rings. The molecule has 1 atom stereocenters. The van der Waals surface area contributed by atoms with Crippen LogP contribution in [0, 0.1) is 0 Å². The molecule has 0 aliphatic heterocycles. The van der Waals surface area contributed by atoms with Gasteiger partial charge in [0.1, 0.15) is 11.1 Å². The van der Waals surface area contributed by atoms with Gasteiger partial charge in [0.05, 0.1) is 7.11 Å². The minimum atomic E-state index is -0.694. The zero-order chi connectivity index (χ0) is 16.8. The van der Waals surface area contributed by atoms with E-state index in [0.717, 1.165) is 23.3 Å². The van der Waals surface area contributed by atoms with Crippen molar-refractivity contribution in [3.8, 4) is 5.75 Å². The Morgan fingerprint density at radius 1 is 1.09 bits per heavy atom. The predicted molar refractivity (Wildman–Crippen MR) is 93.9 cm³/mol. The number of carbonyl (C=O) groups is 1. The number of carbonyl (C=O) groups excluding carboxylic acids is 1. The number of rotatable bonds is 6. The highest BCUT2D eigenvalue weighted by molar-refractivity contribution is 6.30. The molecule has 0 aliphatic carbocycles. The summed E-state index contributed by atoms with van der Waals surface area (Å²) < 4.78 is 5.12. The minimum Gasteiger partial charge on any atom is -0.497 e. The molecular weight excluding hydrogens is 310 g/mol. The lowest BCUT2D eigenvalue weighted by Crippen LogP contribution is -2.29. The topological polar surface area (TPSA) is 29.5 Å². The van der Waals surface area contributed by atoms with E-state index in [1.807, 2.05) is 24.3 Å². The summed E-state index contributed by atoms with van der Waals surface area (Å²) in [5.74, 6) is 0.630. The molecule has 0 saturated carbocycles. The Labute approximate surface area is 142 Å². The second kappa shape index (κ2) is 8.02. The van der Waals surface area contributed by atoms with Crippen molar-refractivity contribution in [2.45, 2.75) is 25.3 Å². The molecule has 0 spiro atoms. The van der Waals surface area contributed by atoms with Gasteiger partial charge in [-0.3, -0.25) is 4.79 Å². The second-order valence-corrected chi connectivity index (χ2v) is 5.94. The Kier molecular flexibility index (Phi) is 6.05. The number of alkyl halides is 1. The van der Waals surface area contributed by atoms with Crippen LogP contribution in [0.1, 0.15) is 29.0 Å². The van der Waals surface area contributed by atoms with E-state index in [4.69, 9.17) is 16.3 Å². The number of aryl methyl sites for hydroxylation is 1. The van der Waals surface area contributed by atoms with Crippen LogP contribution in [0.4, 0.5) is 0 Å². The van der Waals surface area contributed by atoms with E-state index in [0.29, 0.717) is 6.54 Å². The van der Waals surface area contributed by atoms with E-state index in [9.17, 15) is 4.79 Å². The van der Waals surface area contributed by atoms with Crippen LogP contribution in [0.15, 0.2) is 48.5 Å². The first kappa shape index (κ1) is 17.4. The molecule has 3 nitrogen and oxygen atoms in total. The minimum absolute atomic E-state index is 0.114. The number of likely N-dealkylation sites (N-methyl/N-ethyl adjacent to an activating group) is 1. The Hall–Kier alpha value is -2.00. The molecule has 2 aromatic rings. The number of hydrogen-bond acceptors (Lipinski definition) is 2. The molecule has 0 radical (unpaired) electrons. The number of benzene rings is 2. The SMILES string of the molecule is CCc1ccc(CN(C)C(=O)C(Cl)c2ccc(OC)cc2)cc1. The Bertz CT molecular complexity index is 637. The summed E-state index contributed by atoms with van der Waals surface area (Å²) >= 11 is 6.33. The normalized spacial score (nSPS) is 11.8. The van der Waals surface area contributed by atoms with E-state index >= 15 is 0 Å². The van der Waals surface area contributed by atoms with Crippen molar-refractivity contribution in [2.75, 3.05) is 14.2 Å². The maximum atomic E-state index is 12.5. The highest BCUT2D eigenvalue weighted by Crippen LogP contribution is 2.25. The van der Waals surface area contributed by atoms with E-state index in [1.54, 1.807) is 19.1 Å². The molecule has 0 aromatic heterocycles. The van der Waals surface area contributed by atoms with Crippen molar-refractivity contribution in [1.29, 1.82) is 0 Å². The van der Waals surface area contributed by atoms with E-state index in [-0.39, 0.29) is 5.91 Å². The van der Waals surface area contributed by atoms with Crippen LogP contribution in [0.2, 0.25) is 0 Å². The number of amides is 1. The fraction of sp³-hybridized carbons (Fsp3) is 0.316. The molecule has 1 unspecified atom stereocenters. The van der Waals surface area contributed by atoms with Crippen LogP contribution in [0.5, 0.6) is 5.75 Å². The van der Waals surface area contributed by atoms with Crippen molar-refractivity contribution in [3.05, 3.63) is 65.2 Å². The van der Waals surface area contributed by atoms with Gasteiger partial charge in [-0.15, -0.1) is 11.6 Å². The molecule has 0 N–H and O–H groups in total. The molecular formula is C19H22ClNO2. The lowest BCUT2D eigenvalue weighted by atomic mass is 10.1. The van der Waals surface area contributed by atoms with Crippen molar-refractivity contribution in [3.63, 3.8) is 0 Å². The van der Waals surface area contributed by atoms with Gasteiger partial charge in [0.15, 0.2) is 0 Å². The van der Waals surface area contributed by atoms with E-state index in [1.165, 1.54) is 5.56 Å². The average Bonchev–Trinajstić information content (AvgIpc) is 2.61. The van der Waals surface area contributed by atoms with Crippen molar-refractivity contribution in [2.24, 2.45) is 0 Å². The van der Waals surface area contributed by atoms with Crippen LogP contribution in [-0.2, 0) is 17.8 Å². The monoisotopic (exact) mass is 331 g/mol. The largest absolute Gasteiger partial charge is 0.497 e. The molecule has 23 heavy (non-hydrogen) atoms. The summed E-state index contributed by atoms with van der Waals surface area (Å²) in [5.41, 5.74) is 3.15. The Balaban J connectivity index is 2.02. The third-order valence-electron chi connectivity index (χ3n) is 3.85. The summed E-state index contributed by atoms with van der Waals surface area (Å²) in [4.78, 5) is 14.1. The molecule has 1 amide bonds. The van der Waals surface area contributed by atoms with E-state index < -0.39 is 5.38 Å². The Morgan fingerprint density at radius 2 is 1.65 bits per heavy atom. The molecule has 4 heteroatoms. The quantitative estimate of drug-likeness (QED) is 0.743. The van der Waals surface area contributed by atoms with Crippen LogP contribution >= 0.6 is 11.6 Å². The lowest BCUT2D eigenvalue weighted by Gasteiger charge is -2.21. The van der Waals surface area contributed by atoms with Gasteiger partial charge in [-0.25, -0.2) is 0 Å². The number of methoxy groups -OCH3 is 1. The first-order valence-electron chi connectivity index (χ1n) is 7.66. The highest BCUT2D eigenvalue weighted by atomic mass is 35.5. The summed E-state index contributed by atoms with van der Waals surface area (Å²) in [6.07, 6.45) is 1.01. The standard InChI is InChI=1S/C19H22ClNO2/c1-4-14-5-7-15(8-6-14)13-21(2)19(22)18(20)16-9-11-17(23-3)12-10-16/h5-12,18H,4,13H2,1-3H3. The summed E-state index contributed by atoms with van der Waals surface area (Å²) in [7, 11) is 3.38. The number of ether oxygens (including phenoxy) is 1. The fourth-order valence-electron chi connectivity index (χ4n) is 2.34. The fourth-order valence-corrected chi connectivity index (χ4v) is 2.65. The maximum Gasteiger partial charge on any atom is 0.245 e. The van der Waals surface area contributed by atoms with Gasteiger partial charge >= 0.3 is 0 Å². The van der Waals surface area contributed by atoms with Crippen molar-refractivity contribution >= 4 is 17.5 Å². The predicted octanol–water partition coefficient (Wildman–Crippen LogP) is 4.20. The Morgan fingerprint density at radius 3 is 2.17 bits per heavy atom. The zero-order valence-corrected chi connectivity index (χ0v) is 14.5. The van der Waals surface area contributed by atoms with Crippen LogP contribution in [0.3, 0.4) is 0 Å². The molecule has 122 valence electrons. The lowest BCUT2D eigenvalue weighted by molar-refractivity contribution is -0.130. The van der Waals surface area contributed by atoms with Crippen LogP contribution in [-0.4, -0.2) is 25.0 Å². The van der Waals surface area contributed by atoms with Gasteiger partial charge in [0, 0.05) is 13.6 Å². The molecule has 2 rings (SSSR count). The first-order valence-corrected chi connectivity index (χ1v) is 8.09. The highest BCUT2D eigenvalue weighted by Gasteiger charge is 2.21. The van der Waals surface area contributed by atoms with Gasteiger partial charge in [0.2, 0.25) is 5.91 Å². The van der Waals surface area contributed by atoms with Gasteiger partial charge < -0.3 is 9.64 Å². The maximum absolute atomic E-state index is 12.5. The molecule has 0 bridgehead atoms. The third kappa shape index (κ3) is 4.49. The van der Waals surface area contributed by atoms with Gasteiger partial charge in [-0.1, -0.05) is 43.3 Å². The van der Waals surface area contributed by atoms with Gasteiger partial charge in [-0.05, 0) is 35.2 Å². The zero-order valence-electron chi connectivity index (χ0n) is 13.8. The average molecular weight is 332 g/mol. The van der Waals surface area contributed by atoms with Gasteiger partial charge in [0.25, 0.3) is 0 Å². The number of hydrogen-bond donors (Lipinski definition) is 0. The second-order valence-electron chi connectivity index (χ2n) is 5.50. The van der Waals surface area contributed by atoms with Crippen molar-refractivity contribution < 1.29 is 9.53 Å². The number of nitrogens with zero attached hydrogens (tertiary/aromatic N) is 1. The molecule has 2 aromatic carbocycles. The molecule has 0 fully saturated rings. The third-order valence-corrected chi connectivity index (χ3v) is 4.29. The first-order chi connectivity index (χ1) is 11.0. The molecule has 0 saturated heterocycles.